The molecule has 4 rings (SSSR count). The van der Waals surface area contributed by atoms with Crippen LogP contribution in [0.3, 0.4) is 0 Å². The number of aliphatic hydroxyl groups is 1. The molecule has 0 unspecified atom stereocenters. The molecular weight excluding hydrogens is 335 g/mol. The second-order valence-corrected chi connectivity index (χ2v) is 6.18. The van der Waals surface area contributed by atoms with Crippen LogP contribution in [0.1, 0.15) is 11.4 Å². The molecule has 2 heterocycles. The SMILES string of the molecule is COc1ccc(C)cc1N1CC(O)=C(c2nc3ccc(F)cc3[nH]2)C1=N. The Balaban J connectivity index is 1.76. The first-order valence-corrected chi connectivity index (χ1v) is 8.07. The molecule has 3 N–H and O–H groups in total. The Bertz CT molecular complexity index is 1070. The summed E-state index contributed by atoms with van der Waals surface area (Å²) in [5.74, 6) is 0.700. The Kier molecular flexibility index (Phi) is 3.64. The number of rotatable bonds is 3. The number of fused-ring (bicyclic) bond motifs is 1. The smallest absolute Gasteiger partial charge is 0.145 e. The Hall–Kier alpha value is -3.35. The van der Waals surface area contributed by atoms with Crippen molar-refractivity contribution in [2.75, 3.05) is 18.6 Å². The topological polar surface area (TPSA) is 85.2 Å². The van der Waals surface area contributed by atoms with Gasteiger partial charge in [-0.25, -0.2) is 9.37 Å². The van der Waals surface area contributed by atoms with Gasteiger partial charge in [-0.2, -0.15) is 0 Å². The molecule has 132 valence electrons. The van der Waals surface area contributed by atoms with Gasteiger partial charge in [0.15, 0.2) is 0 Å². The zero-order valence-electron chi connectivity index (χ0n) is 14.3. The van der Waals surface area contributed by atoms with Crippen molar-refractivity contribution < 1.29 is 14.2 Å². The summed E-state index contributed by atoms with van der Waals surface area (Å²) < 4.78 is 18.8. The van der Waals surface area contributed by atoms with Crippen molar-refractivity contribution in [2.45, 2.75) is 6.92 Å². The largest absolute Gasteiger partial charge is 0.509 e. The van der Waals surface area contributed by atoms with E-state index in [1.54, 1.807) is 18.1 Å². The number of imidazole rings is 1. The number of halogens is 1. The summed E-state index contributed by atoms with van der Waals surface area (Å²) in [7, 11) is 1.57. The summed E-state index contributed by atoms with van der Waals surface area (Å²) in [6, 6.07) is 9.87. The molecule has 2 aromatic carbocycles. The van der Waals surface area contributed by atoms with E-state index in [1.807, 2.05) is 25.1 Å². The standard InChI is InChI=1S/C19H17FN4O2/c1-10-3-6-16(26-2)14(7-10)24-9-15(25)17(18(24)21)19-22-12-5-4-11(20)8-13(12)23-19/h3-8,21,25H,9H2,1-2H3,(H,22,23). The maximum absolute atomic E-state index is 13.4. The fraction of sp³-hybridized carbons (Fsp3) is 0.158. The molecule has 7 heteroatoms. The molecule has 1 aromatic heterocycles. The van der Waals surface area contributed by atoms with Gasteiger partial charge in [-0.1, -0.05) is 6.07 Å². The van der Waals surface area contributed by atoms with Crippen LogP contribution < -0.4 is 9.64 Å². The van der Waals surface area contributed by atoms with Gasteiger partial charge < -0.3 is 19.7 Å². The summed E-state index contributed by atoms with van der Waals surface area (Å²) in [5.41, 5.74) is 3.09. The average molecular weight is 352 g/mol. The van der Waals surface area contributed by atoms with E-state index < -0.39 is 0 Å². The lowest BCUT2D eigenvalue weighted by molar-refractivity contribution is 0.406. The Morgan fingerprint density at radius 2 is 2.08 bits per heavy atom. The van der Waals surface area contributed by atoms with E-state index in [4.69, 9.17) is 10.1 Å². The molecule has 1 aliphatic heterocycles. The zero-order chi connectivity index (χ0) is 18.4. The van der Waals surface area contributed by atoms with E-state index >= 15 is 0 Å². The van der Waals surface area contributed by atoms with Gasteiger partial charge in [0.1, 0.15) is 29.0 Å². The molecular formula is C19H17FN4O2. The highest BCUT2D eigenvalue weighted by Gasteiger charge is 2.32. The normalized spacial score (nSPS) is 14.6. The number of hydrogen-bond donors (Lipinski definition) is 3. The summed E-state index contributed by atoms with van der Waals surface area (Å²) >= 11 is 0. The number of hydrogen-bond acceptors (Lipinski definition) is 4. The third-order valence-electron chi connectivity index (χ3n) is 4.41. The van der Waals surface area contributed by atoms with Crippen molar-refractivity contribution in [2.24, 2.45) is 0 Å². The molecule has 6 nitrogen and oxygen atoms in total. The molecule has 0 bridgehead atoms. The number of amidine groups is 1. The molecule has 26 heavy (non-hydrogen) atoms. The molecule has 0 amide bonds. The first kappa shape index (κ1) is 16.1. The van der Waals surface area contributed by atoms with Gasteiger partial charge in [0.25, 0.3) is 0 Å². The minimum Gasteiger partial charge on any atom is -0.509 e. The second kappa shape index (κ2) is 5.87. The minimum atomic E-state index is -0.376. The molecule has 0 radical (unpaired) electrons. The van der Waals surface area contributed by atoms with E-state index in [9.17, 15) is 9.50 Å². The van der Waals surface area contributed by atoms with Gasteiger partial charge in [0.2, 0.25) is 0 Å². The number of nitrogens with zero attached hydrogens (tertiary/aromatic N) is 2. The summed E-state index contributed by atoms with van der Waals surface area (Å²) in [5, 5.41) is 19.0. The maximum atomic E-state index is 13.4. The van der Waals surface area contributed by atoms with Crippen molar-refractivity contribution in [3.63, 3.8) is 0 Å². The minimum absolute atomic E-state index is 0.0260. The molecule has 0 spiro atoms. The lowest BCUT2D eigenvalue weighted by Crippen LogP contribution is -2.26. The van der Waals surface area contributed by atoms with E-state index in [2.05, 4.69) is 9.97 Å². The van der Waals surface area contributed by atoms with Crippen LogP contribution in [0.15, 0.2) is 42.2 Å². The van der Waals surface area contributed by atoms with Crippen molar-refractivity contribution in [3.05, 3.63) is 59.4 Å². The van der Waals surface area contributed by atoms with Crippen LogP contribution in [0.2, 0.25) is 0 Å². The predicted octanol–water partition coefficient (Wildman–Crippen LogP) is 3.79. The van der Waals surface area contributed by atoms with E-state index in [1.165, 1.54) is 12.1 Å². The Labute approximate surface area is 149 Å². The molecule has 0 atom stereocenters. The zero-order valence-corrected chi connectivity index (χ0v) is 14.3. The lowest BCUT2D eigenvalue weighted by atomic mass is 10.2. The van der Waals surface area contributed by atoms with Crippen LogP contribution in [0, 0.1) is 18.2 Å². The second-order valence-electron chi connectivity index (χ2n) is 6.18. The maximum Gasteiger partial charge on any atom is 0.145 e. The van der Waals surface area contributed by atoms with Crippen LogP contribution in [0.4, 0.5) is 10.1 Å². The van der Waals surface area contributed by atoms with Gasteiger partial charge in [-0.05, 0) is 42.8 Å². The third-order valence-corrected chi connectivity index (χ3v) is 4.41. The number of aliphatic hydroxyl groups excluding tert-OH is 1. The van der Waals surface area contributed by atoms with Crippen LogP contribution in [-0.2, 0) is 0 Å². The summed E-state index contributed by atoms with van der Waals surface area (Å²) in [6.07, 6.45) is 0. The number of methoxy groups -OCH3 is 1. The lowest BCUT2D eigenvalue weighted by Gasteiger charge is -2.21. The fourth-order valence-electron chi connectivity index (χ4n) is 3.15. The van der Waals surface area contributed by atoms with Crippen molar-refractivity contribution in [3.8, 4) is 5.75 Å². The van der Waals surface area contributed by atoms with Crippen molar-refractivity contribution in [1.29, 1.82) is 5.41 Å². The quantitative estimate of drug-likeness (QED) is 0.669. The Morgan fingerprint density at radius 1 is 1.27 bits per heavy atom. The summed E-state index contributed by atoms with van der Waals surface area (Å²) in [6.45, 7) is 2.09. The molecule has 0 aliphatic carbocycles. The van der Waals surface area contributed by atoms with Gasteiger partial charge in [-0.3, -0.25) is 5.41 Å². The first-order valence-electron chi connectivity index (χ1n) is 8.07. The number of nitrogens with one attached hydrogen (secondary N) is 2. The molecule has 0 fully saturated rings. The van der Waals surface area contributed by atoms with Crippen LogP contribution >= 0.6 is 0 Å². The fourth-order valence-corrected chi connectivity index (χ4v) is 3.15. The van der Waals surface area contributed by atoms with Crippen molar-refractivity contribution in [1.82, 2.24) is 9.97 Å². The monoisotopic (exact) mass is 352 g/mol. The number of aryl methyl sites for hydroxylation is 1. The molecule has 3 aromatic rings. The number of ether oxygens (including phenoxy) is 1. The van der Waals surface area contributed by atoms with Crippen LogP contribution in [0.25, 0.3) is 16.6 Å². The predicted molar refractivity (Wildman–Crippen MR) is 98.4 cm³/mol. The number of anilines is 1. The summed E-state index contributed by atoms with van der Waals surface area (Å²) in [4.78, 5) is 9.03. The molecule has 1 aliphatic rings. The highest BCUT2D eigenvalue weighted by atomic mass is 19.1. The highest BCUT2D eigenvalue weighted by molar-refractivity contribution is 6.30. The number of aromatic nitrogens is 2. The van der Waals surface area contributed by atoms with Crippen LogP contribution in [-0.4, -0.2) is 34.6 Å². The van der Waals surface area contributed by atoms with E-state index in [0.717, 1.165) is 5.56 Å². The van der Waals surface area contributed by atoms with Gasteiger partial charge >= 0.3 is 0 Å². The number of aromatic amines is 1. The van der Waals surface area contributed by atoms with E-state index in [0.29, 0.717) is 33.9 Å². The average Bonchev–Trinajstić information content (AvgIpc) is 3.14. The molecule has 0 saturated heterocycles. The number of benzene rings is 2. The van der Waals surface area contributed by atoms with Crippen molar-refractivity contribution >= 4 is 28.1 Å². The van der Waals surface area contributed by atoms with Gasteiger partial charge in [-0.15, -0.1) is 0 Å². The van der Waals surface area contributed by atoms with Crippen LogP contribution in [0.5, 0.6) is 5.75 Å². The number of H-pyrrole nitrogens is 1. The Morgan fingerprint density at radius 3 is 2.85 bits per heavy atom. The first-order chi connectivity index (χ1) is 12.5. The molecule has 0 saturated carbocycles. The third kappa shape index (κ3) is 2.48. The van der Waals surface area contributed by atoms with Gasteiger partial charge in [0.05, 0.1) is 35.9 Å². The van der Waals surface area contributed by atoms with E-state index in [-0.39, 0.29) is 24.0 Å². The van der Waals surface area contributed by atoms with Gasteiger partial charge in [0, 0.05) is 0 Å². The highest BCUT2D eigenvalue weighted by Crippen LogP contribution is 2.36.